The minimum absolute atomic E-state index is 0.0627. The van der Waals surface area contributed by atoms with E-state index in [1.165, 1.54) is 11.1 Å². The summed E-state index contributed by atoms with van der Waals surface area (Å²) in [6.07, 6.45) is 5.35. The molecule has 1 aromatic heterocycles. The van der Waals surface area contributed by atoms with E-state index < -0.39 is 0 Å². The Morgan fingerprint density at radius 1 is 1.12 bits per heavy atom. The van der Waals surface area contributed by atoms with Crippen molar-refractivity contribution in [2.45, 2.75) is 24.9 Å². The first kappa shape index (κ1) is 16.2. The highest BCUT2D eigenvalue weighted by molar-refractivity contribution is 5.83. The van der Waals surface area contributed by atoms with Gasteiger partial charge < -0.3 is 10.1 Å². The molecule has 1 saturated heterocycles. The number of amides is 1. The Labute approximate surface area is 148 Å². The number of nitrogens with one attached hydrogen (secondary N) is 1. The van der Waals surface area contributed by atoms with Crippen LogP contribution in [0.2, 0.25) is 0 Å². The standard InChI is InChI=1S/C20H23N3O2/c24-20(22-18-12-15-4-1-2-5-16(15)13-18)19(17-6-3-7-21-14-17)23-8-10-25-11-9-23/h1-7,14,18-19H,8-13H2,(H,22,24)/t19-/m0/s1. The summed E-state index contributed by atoms with van der Waals surface area (Å²) in [6, 6.07) is 12.2. The van der Waals surface area contributed by atoms with Crippen LogP contribution in [-0.4, -0.2) is 48.1 Å². The molecule has 0 spiro atoms. The van der Waals surface area contributed by atoms with Crippen LogP contribution in [0.3, 0.4) is 0 Å². The maximum Gasteiger partial charge on any atom is 0.242 e. The number of ether oxygens (including phenoxy) is 1. The van der Waals surface area contributed by atoms with Crippen LogP contribution in [-0.2, 0) is 22.4 Å². The first-order valence-corrected chi connectivity index (χ1v) is 8.90. The van der Waals surface area contributed by atoms with Crippen LogP contribution in [0, 0.1) is 0 Å². The van der Waals surface area contributed by atoms with Crippen molar-refractivity contribution < 1.29 is 9.53 Å². The number of benzene rings is 1. The predicted molar refractivity (Wildman–Crippen MR) is 95.2 cm³/mol. The molecule has 5 nitrogen and oxygen atoms in total. The minimum atomic E-state index is -0.304. The Hall–Kier alpha value is -2.24. The molecule has 1 amide bonds. The third kappa shape index (κ3) is 3.57. The smallest absolute Gasteiger partial charge is 0.242 e. The Balaban J connectivity index is 1.50. The number of morpholine rings is 1. The Morgan fingerprint density at radius 3 is 2.48 bits per heavy atom. The molecule has 2 heterocycles. The van der Waals surface area contributed by atoms with E-state index in [1.54, 1.807) is 12.4 Å². The molecule has 0 bridgehead atoms. The maximum absolute atomic E-state index is 13.1. The van der Waals surface area contributed by atoms with Crippen molar-refractivity contribution in [1.82, 2.24) is 15.2 Å². The van der Waals surface area contributed by atoms with E-state index >= 15 is 0 Å². The number of fused-ring (bicyclic) bond motifs is 1. The van der Waals surface area contributed by atoms with Gasteiger partial charge in [-0.2, -0.15) is 0 Å². The van der Waals surface area contributed by atoms with E-state index in [-0.39, 0.29) is 18.0 Å². The highest BCUT2D eigenvalue weighted by Gasteiger charge is 2.32. The fraction of sp³-hybridized carbons (Fsp3) is 0.400. The zero-order valence-corrected chi connectivity index (χ0v) is 14.2. The lowest BCUT2D eigenvalue weighted by atomic mass is 10.0. The van der Waals surface area contributed by atoms with E-state index in [4.69, 9.17) is 4.74 Å². The monoisotopic (exact) mass is 337 g/mol. The van der Waals surface area contributed by atoms with Crippen molar-refractivity contribution in [2.75, 3.05) is 26.3 Å². The first-order chi connectivity index (χ1) is 12.3. The molecular formula is C20H23N3O2. The Bertz CT molecular complexity index is 704. The van der Waals surface area contributed by atoms with Gasteiger partial charge in [-0.25, -0.2) is 0 Å². The first-order valence-electron chi connectivity index (χ1n) is 8.90. The fourth-order valence-corrected chi connectivity index (χ4v) is 3.84. The van der Waals surface area contributed by atoms with E-state index in [2.05, 4.69) is 39.5 Å². The van der Waals surface area contributed by atoms with Gasteiger partial charge in [0.05, 0.1) is 13.2 Å². The zero-order valence-electron chi connectivity index (χ0n) is 14.2. The van der Waals surface area contributed by atoms with Gasteiger partial charge in [-0.05, 0) is 35.6 Å². The van der Waals surface area contributed by atoms with Gasteiger partial charge in [0, 0.05) is 31.5 Å². The molecule has 1 aromatic carbocycles. The molecule has 0 unspecified atom stereocenters. The summed E-state index contributed by atoms with van der Waals surface area (Å²) < 4.78 is 5.45. The van der Waals surface area contributed by atoms with Crippen LogP contribution in [0.15, 0.2) is 48.8 Å². The summed E-state index contributed by atoms with van der Waals surface area (Å²) in [5.41, 5.74) is 3.63. The highest BCUT2D eigenvalue weighted by atomic mass is 16.5. The second kappa shape index (κ2) is 7.33. The molecule has 1 aliphatic carbocycles. The van der Waals surface area contributed by atoms with Crippen molar-refractivity contribution in [3.63, 3.8) is 0 Å². The van der Waals surface area contributed by atoms with Crippen molar-refractivity contribution >= 4 is 5.91 Å². The average Bonchev–Trinajstić information content (AvgIpc) is 3.06. The van der Waals surface area contributed by atoms with Gasteiger partial charge in [0.2, 0.25) is 5.91 Å². The van der Waals surface area contributed by atoms with Crippen molar-refractivity contribution in [3.8, 4) is 0 Å². The van der Waals surface area contributed by atoms with Crippen molar-refractivity contribution in [3.05, 3.63) is 65.5 Å². The maximum atomic E-state index is 13.1. The molecule has 1 aliphatic heterocycles. The van der Waals surface area contributed by atoms with Crippen molar-refractivity contribution in [1.29, 1.82) is 0 Å². The molecule has 4 rings (SSSR count). The van der Waals surface area contributed by atoms with Crippen LogP contribution in [0.4, 0.5) is 0 Å². The lowest BCUT2D eigenvalue weighted by molar-refractivity contribution is -0.129. The molecule has 130 valence electrons. The number of carbonyl (C=O) groups excluding carboxylic acids is 1. The summed E-state index contributed by atoms with van der Waals surface area (Å²) in [5, 5.41) is 3.27. The fourth-order valence-electron chi connectivity index (χ4n) is 3.84. The zero-order chi connectivity index (χ0) is 17.1. The number of pyridine rings is 1. The van der Waals surface area contributed by atoms with E-state index in [9.17, 15) is 4.79 Å². The number of nitrogens with zero attached hydrogens (tertiary/aromatic N) is 2. The minimum Gasteiger partial charge on any atom is -0.379 e. The van der Waals surface area contributed by atoms with Gasteiger partial charge in [0.1, 0.15) is 6.04 Å². The summed E-state index contributed by atoms with van der Waals surface area (Å²) in [6.45, 7) is 2.85. The van der Waals surface area contributed by atoms with Gasteiger partial charge in [0.25, 0.3) is 0 Å². The number of carbonyl (C=O) groups is 1. The van der Waals surface area contributed by atoms with Crippen LogP contribution in [0.25, 0.3) is 0 Å². The largest absolute Gasteiger partial charge is 0.379 e. The number of rotatable bonds is 4. The third-order valence-electron chi connectivity index (χ3n) is 5.06. The lowest BCUT2D eigenvalue weighted by Gasteiger charge is -2.34. The van der Waals surface area contributed by atoms with Crippen LogP contribution in [0.5, 0.6) is 0 Å². The molecule has 0 saturated carbocycles. The number of hydrogen-bond donors (Lipinski definition) is 1. The lowest BCUT2D eigenvalue weighted by Crippen LogP contribution is -2.48. The van der Waals surface area contributed by atoms with Gasteiger partial charge in [-0.15, -0.1) is 0 Å². The Morgan fingerprint density at radius 2 is 1.84 bits per heavy atom. The number of hydrogen-bond acceptors (Lipinski definition) is 4. The van der Waals surface area contributed by atoms with Gasteiger partial charge in [0.15, 0.2) is 0 Å². The molecule has 1 fully saturated rings. The number of aromatic nitrogens is 1. The molecule has 2 aliphatic rings. The second-order valence-electron chi connectivity index (χ2n) is 6.72. The Kier molecular flexibility index (Phi) is 4.76. The summed E-state index contributed by atoms with van der Waals surface area (Å²) >= 11 is 0. The van der Waals surface area contributed by atoms with Crippen molar-refractivity contribution in [2.24, 2.45) is 0 Å². The summed E-state index contributed by atoms with van der Waals surface area (Å²) in [5.74, 6) is 0.0627. The third-order valence-corrected chi connectivity index (χ3v) is 5.06. The van der Waals surface area contributed by atoms with Gasteiger partial charge in [-0.1, -0.05) is 30.3 Å². The predicted octanol–water partition coefficient (Wildman–Crippen LogP) is 1.74. The second-order valence-corrected chi connectivity index (χ2v) is 6.72. The molecule has 25 heavy (non-hydrogen) atoms. The molecule has 1 N–H and O–H groups in total. The topological polar surface area (TPSA) is 54.5 Å². The van der Waals surface area contributed by atoms with Gasteiger partial charge in [-0.3, -0.25) is 14.7 Å². The van der Waals surface area contributed by atoms with E-state index in [1.807, 2.05) is 12.1 Å². The van der Waals surface area contributed by atoms with Crippen LogP contribution >= 0.6 is 0 Å². The van der Waals surface area contributed by atoms with Gasteiger partial charge >= 0.3 is 0 Å². The molecule has 1 atom stereocenters. The average molecular weight is 337 g/mol. The normalized spacial score (nSPS) is 19.4. The molecule has 2 aromatic rings. The van der Waals surface area contributed by atoms with Crippen LogP contribution in [0.1, 0.15) is 22.7 Å². The summed E-state index contributed by atoms with van der Waals surface area (Å²) in [7, 11) is 0. The van der Waals surface area contributed by atoms with E-state index in [0.717, 1.165) is 31.5 Å². The molecule has 5 heteroatoms. The quantitative estimate of drug-likeness (QED) is 0.923. The molecule has 0 radical (unpaired) electrons. The summed E-state index contributed by atoms with van der Waals surface area (Å²) in [4.78, 5) is 19.5. The highest BCUT2D eigenvalue weighted by Crippen LogP contribution is 2.25. The van der Waals surface area contributed by atoms with Crippen LogP contribution < -0.4 is 5.32 Å². The molecular weight excluding hydrogens is 314 g/mol. The SMILES string of the molecule is O=C(NC1Cc2ccccc2C1)[C@H](c1cccnc1)N1CCOCC1. The van der Waals surface area contributed by atoms with E-state index in [0.29, 0.717) is 13.2 Å².